The quantitative estimate of drug-likeness (QED) is 0.335. The lowest BCUT2D eigenvalue weighted by atomic mass is 10.1. The number of carbonyl (C=O) groups excluding carboxylic acids is 1. The SMILES string of the molecule is N/C(=N/O)c1ccccc1NC(=O)c1cc(Cl)cc(Br)c1. The monoisotopic (exact) mass is 367 g/mol. The van der Waals surface area contributed by atoms with Gasteiger partial charge in [0.1, 0.15) is 0 Å². The summed E-state index contributed by atoms with van der Waals surface area (Å²) in [6, 6.07) is 11.6. The predicted octanol–water partition coefficient (Wildman–Crippen LogP) is 3.45. The number of hydrogen-bond acceptors (Lipinski definition) is 3. The second kappa shape index (κ2) is 6.60. The van der Waals surface area contributed by atoms with Gasteiger partial charge in [0.05, 0.1) is 5.69 Å². The zero-order chi connectivity index (χ0) is 15.4. The molecule has 0 aliphatic carbocycles. The molecule has 0 saturated heterocycles. The molecule has 1 amide bonds. The highest BCUT2D eigenvalue weighted by atomic mass is 79.9. The first-order valence-corrected chi connectivity index (χ1v) is 7.02. The molecule has 0 atom stereocenters. The molecule has 0 aliphatic heterocycles. The van der Waals surface area contributed by atoms with Gasteiger partial charge in [0.25, 0.3) is 5.91 Å². The van der Waals surface area contributed by atoms with E-state index in [1.54, 1.807) is 42.5 Å². The Morgan fingerprint density at radius 3 is 2.67 bits per heavy atom. The van der Waals surface area contributed by atoms with Crippen molar-refractivity contribution >= 4 is 45.0 Å². The number of amidine groups is 1. The molecule has 21 heavy (non-hydrogen) atoms. The Balaban J connectivity index is 2.32. The fourth-order valence-corrected chi connectivity index (χ4v) is 2.61. The highest BCUT2D eigenvalue weighted by molar-refractivity contribution is 9.10. The third kappa shape index (κ3) is 3.74. The first-order chi connectivity index (χ1) is 10.0. The van der Waals surface area contributed by atoms with E-state index in [4.69, 9.17) is 22.5 Å². The summed E-state index contributed by atoms with van der Waals surface area (Å²) in [5.74, 6) is -0.436. The summed E-state index contributed by atoms with van der Waals surface area (Å²) in [5.41, 5.74) is 6.83. The summed E-state index contributed by atoms with van der Waals surface area (Å²) in [6.07, 6.45) is 0. The predicted molar refractivity (Wildman–Crippen MR) is 86.1 cm³/mol. The molecule has 4 N–H and O–H groups in total. The number of nitrogens with two attached hydrogens (primary N) is 1. The third-order valence-electron chi connectivity index (χ3n) is 2.68. The van der Waals surface area contributed by atoms with E-state index in [0.717, 1.165) is 0 Å². The highest BCUT2D eigenvalue weighted by Gasteiger charge is 2.12. The summed E-state index contributed by atoms with van der Waals surface area (Å²) in [4.78, 5) is 12.2. The molecule has 7 heteroatoms. The Bertz CT molecular complexity index is 699. The molecule has 2 rings (SSSR count). The number of halogens is 2. The fraction of sp³-hybridized carbons (Fsp3) is 0. The summed E-state index contributed by atoms with van der Waals surface area (Å²) in [6.45, 7) is 0. The van der Waals surface area contributed by atoms with Crippen LogP contribution in [0.4, 0.5) is 5.69 Å². The summed E-state index contributed by atoms with van der Waals surface area (Å²) >= 11 is 9.20. The van der Waals surface area contributed by atoms with Gasteiger partial charge < -0.3 is 16.3 Å². The lowest BCUT2D eigenvalue weighted by Gasteiger charge is -2.10. The summed E-state index contributed by atoms with van der Waals surface area (Å²) < 4.78 is 0.699. The average Bonchev–Trinajstić information content (AvgIpc) is 2.46. The number of carbonyl (C=O) groups is 1. The topological polar surface area (TPSA) is 87.7 Å². The van der Waals surface area contributed by atoms with Gasteiger partial charge in [0.15, 0.2) is 5.84 Å². The van der Waals surface area contributed by atoms with Crippen LogP contribution in [0, 0.1) is 0 Å². The van der Waals surface area contributed by atoms with E-state index in [-0.39, 0.29) is 11.7 Å². The maximum atomic E-state index is 12.2. The van der Waals surface area contributed by atoms with Gasteiger partial charge in [-0.05, 0) is 30.3 Å². The lowest BCUT2D eigenvalue weighted by Crippen LogP contribution is -2.19. The molecule has 0 aromatic heterocycles. The summed E-state index contributed by atoms with van der Waals surface area (Å²) in [7, 11) is 0. The van der Waals surface area contributed by atoms with Crippen molar-refractivity contribution in [1.29, 1.82) is 0 Å². The zero-order valence-corrected chi connectivity index (χ0v) is 13.0. The number of benzene rings is 2. The van der Waals surface area contributed by atoms with E-state index in [9.17, 15) is 4.79 Å². The van der Waals surface area contributed by atoms with Gasteiger partial charge in [-0.1, -0.05) is 44.8 Å². The zero-order valence-electron chi connectivity index (χ0n) is 10.7. The van der Waals surface area contributed by atoms with Crippen LogP contribution < -0.4 is 11.1 Å². The van der Waals surface area contributed by atoms with E-state index >= 15 is 0 Å². The van der Waals surface area contributed by atoms with Crippen LogP contribution in [0.25, 0.3) is 0 Å². The van der Waals surface area contributed by atoms with Crippen LogP contribution in [0.1, 0.15) is 15.9 Å². The lowest BCUT2D eigenvalue weighted by molar-refractivity contribution is 0.102. The number of oxime groups is 1. The molecule has 0 radical (unpaired) electrons. The van der Waals surface area contributed by atoms with E-state index in [0.29, 0.717) is 26.3 Å². The molecule has 2 aromatic carbocycles. The molecular formula is C14H11BrClN3O2. The van der Waals surface area contributed by atoms with Crippen molar-refractivity contribution in [3.05, 3.63) is 63.1 Å². The molecule has 0 saturated carbocycles. The second-order valence-electron chi connectivity index (χ2n) is 4.14. The van der Waals surface area contributed by atoms with E-state index in [2.05, 4.69) is 26.4 Å². The number of para-hydroxylation sites is 1. The standard InChI is InChI=1S/C14H11BrClN3O2/c15-9-5-8(6-10(16)7-9)14(20)18-12-4-2-1-3-11(12)13(17)19-21/h1-7,21H,(H2,17,19)(H,18,20). The largest absolute Gasteiger partial charge is 0.409 e. The first kappa shape index (κ1) is 15.3. The van der Waals surface area contributed by atoms with Crippen LogP contribution in [0.3, 0.4) is 0 Å². The minimum Gasteiger partial charge on any atom is -0.409 e. The van der Waals surface area contributed by atoms with E-state index < -0.39 is 0 Å². The van der Waals surface area contributed by atoms with Crippen LogP contribution in [-0.2, 0) is 0 Å². The van der Waals surface area contributed by atoms with Crippen molar-refractivity contribution in [3.63, 3.8) is 0 Å². The van der Waals surface area contributed by atoms with Gasteiger partial charge in [-0.25, -0.2) is 0 Å². The van der Waals surface area contributed by atoms with Gasteiger partial charge in [-0.15, -0.1) is 0 Å². The van der Waals surface area contributed by atoms with Gasteiger partial charge in [0.2, 0.25) is 0 Å². The maximum Gasteiger partial charge on any atom is 0.255 e. The maximum absolute atomic E-state index is 12.2. The molecule has 108 valence electrons. The number of nitrogens with one attached hydrogen (secondary N) is 1. The Labute approximate surface area is 134 Å². The van der Waals surface area contributed by atoms with Crippen molar-refractivity contribution in [2.24, 2.45) is 10.9 Å². The molecule has 5 nitrogen and oxygen atoms in total. The molecule has 0 spiro atoms. The molecule has 0 unspecified atom stereocenters. The summed E-state index contributed by atoms with van der Waals surface area (Å²) in [5, 5.41) is 14.9. The minimum atomic E-state index is -0.351. The van der Waals surface area contributed by atoms with Crippen molar-refractivity contribution in [2.45, 2.75) is 0 Å². The van der Waals surface area contributed by atoms with E-state index in [1.807, 2.05) is 0 Å². The number of rotatable bonds is 3. The van der Waals surface area contributed by atoms with Crippen LogP contribution in [-0.4, -0.2) is 17.0 Å². The molecule has 2 aromatic rings. The number of anilines is 1. The Kier molecular flexibility index (Phi) is 4.82. The normalized spacial score (nSPS) is 11.2. The number of nitrogens with zero attached hydrogens (tertiary/aromatic N) is 1. The number of amides is 1. The van der Waals surface area contributed by atoms with Crippen molar-refractivity contribution in [1.82, 2.24) is 0 Å². The van der Waals surface area contributed by atoms with Crippen molar-refractivity contribution < 1.29 is 10.0 Å². The van der Waals surface area contributed by atoms with Crippen LogP contribution >= 0.6 is 27.5 Å². The average molecular weight is 369 g/mol. The fourth-order valence-electron chi connectivity index (χ4n) is 1.75. The Morgan fingerprint density at radius 2 is 2.00 bits per heavy atom. The van der Waals surface area contributed by atoms with Gasteiger partial charge in [-0.2, -0.15) is 0 Å². The van der Waals surface area contributed by atoms with E-state index in [1.165, 1.54) is 0 Å². The third-order valence-corrected chi connectivity index (χ3v) is 3.36. The molecule has 0 aliphatic rings. The molecule has 0 heterocycles. The first-order valence-electron chi connectivity index (χ1n) is 5.85. The smallest absolute Gasteiger partial charge is 0.255 e. The minimum absolute atomic E-state index is 0.0850. The van der Waals surface area contributed by atoms with Gasteiger partial charge >= 0.3 is 0 Å². The highest BCUT2D eigenvalue weighted by Crippen LogP contribution is 2.21. The number of hydrogen-bond donors (Lipinski definition) is 3. The Hall–Kier alpha value is -2.05. The van der Waals surface area contributed by atoms with Crippen LogP contribution in [0.2, 0.25) is 5.02 Å². The van der Waals surface area contributed by atoms with Crippen LogP contribution in [0.5, 0.6) is 0 Å². The van der Waals surface area contributed by atoms with Crippen molar-refractivity contribution in [3.8, 4) is 0 Å². The van der Waals surface area contributed by atoms with Gasteiger partial charge in [-0.3, -0.25) is 4.79 Å². The molecular weight excluding hydrogens is 358 g/mol. The van der Waals surface area contributed by atoms with Crippen molar-refractivity contribution in [2.75, 3.05) is 5.32 Å². The van der Waals surface area contributed by atoms with Gasteiger partial charge in [0, 0.05) is 20.6 Å². The molecule has 0 fully saturated rings. The van der Waals surface area contributed by atoms with Crippen LogP contribution in [0.15, 0.2) is 52.1 Å². The second-order valence-corrected chi connectivity index (χ2v) is 5.50. The molecule has 0 bridgehead atoms. The Morgan fingerprint density at radius 1 is 1.29 bits per heavy atom.